The summed E-state index contributed by atoms with van der Waals surface area (Å²) in [5.41, 5.74) is -3.01. The topological polar surface area (TPSA) is 158 Å². The number of carbonyl (C=O) groups excluding carboxylic acids is 5. The second-order valence-corrected chi connectivity index (χ2v) is 19.1. The predicted octanol–water partition coefficient (Wildman–Crippen LogP) is 8.93. The van der Waals surface area contributed by atoms with Crippen molar-refractivity contribution < 1.29 is 57.2 Å². The van der Waals surface area contributed by atoms with E-state index in [9.17, 15) is 38.6 Å². The fourth-order valence-corrected chi connectivity index (χ4v) is 12.1. The van der Waals surface area contributed by atoms with Gasteiger partial charge >= 0.3 is 17.9 Å². The molecule has 11 nitrogen and oxygen atoms in total. The summed E-state index contributed by atoms with van der Waals surface area (Å²) in [4.78, 5) is 66.8. The van der Waals surface area contributed by atoms with Crippen LogP contribution in [0.15, 0.2) is 78.4 Å². The van der Waals surface area contributed by atoms with Crippen LogP contribution in [0.5, 0.6) is 0 Å². The number of para-hydroxylation sites is 1. The van der Waals surface area contributed by atoms with Crippen LogP contribution in [0.1, 0.15) is 112 Å². The van der Waals surface area contributed by atoms with E-state index in [1.165, 1.54) is 36.4 Å². The maximum absolute atomic E-state index is 19.0. The number of alkyl halides is 1. The lowest BCUT2D eigenvalue weighted by Gasteiger charge is -2.63. The van der Waals surface area contributed by atoms with Gasteiger partial charge in [0, 0.05) is 70.1 Å². The van der Waals surface area contributed by atoms with E-state index in [1.54, 1.807) is 52.8 Å². The van der Waals surface area contributed by atoms with Gasteiger partial charge in [-0.1, -0.05) is 75.8 Å². The lowest BCUT2D eigenvalue weighted by atomic mass is 9.44. The molecule has 2 aromatic carbocycles. The first-order valence-electron chi connectivity index (χ1n) is 22.9. The van der Waals surface area contributed by atoms with Crippen molar-refractivity contribution >= 4 is 46.5 Å². The Morgan fingerprint density at radius 2 is 1.66 bits per heavy atom. The summed E-state index contributed by atoms with van der Waals surface area (Å²) in [6, 6.07) is 14.0. The van der Waals surface area contributed by atoms with Crippen LogP contribution in [0.4, 0.5) is 8.78 Å². The van der Waals surface area contributed by atoms with Crippen molar-refractivity contribution in [3.63, 3.8) is 0 Å². The number of fused-ring (bicyclic) bond motifs is 6. The molecular formula is C52H61F2NO10. The van der Waals surface area contributed by atoms with Crippen LogP contribution in [0.3, 0.4) is 0 Å². The average Bonchev–Trinajstić information content (AvgIpc) is 3.71. The molecule has 10 atom stereocenters. The minimum Gasteiger partial charge on any atom is -0.459 e. The highest BCUT2D eigenvalue weighted by Crippen LogP contribution is 2.72. The van der Waals surface area contributed by atoms with Gasteiger partial charge in [-0.3, -0.25) is 24.0 Å². The number of rotatable bonds is 15. The normalized spacial score (nSPS) is 30.3. The zero-order valence-corrected chi connectivity index (χ0v) is 38.3. The number of esters is 3. The number of hydrogen-bond donors (Lipinski definition) is 2. The molecule has 1 unspecified atom stereocenters. The Bertz CT molecular complexity index is 2450. The molecule has 0 bridgehead atoms. The molecule has 4 aliphatic carbocycles. The maximum Gasteiger partial charge on any atom is 0.308 e. The van der Waals surface area contributed by atoms with E-state index < -0.39 is 94.9 Å². The highest BCUT2D eigenvalue weighted by atomic mass is 19.1. The van der Waals surface area contributed by atoms with Crippen molar-refractivity contribution in [2.75, 3.05) is 6.61 Å². The molecule has 1 aromatic heterocycles. The lowest BCUT2D eigenvalue weighted by Crippen LogP contribution is -2.70. The predicted molar refractivity (Wildman–Crippen MR) is 240 cm³/mol. The van der Waals surface area contributed by atoms with Crippen LogP contribution < -0.4 is 0 Å². The SMILES string of the molecule is CCC(=O)OCC(=O)[C@@]1(OC(=O)CC)[C@@H](C)C[C@H]2[C@@H]3CCC4=CC(=O)C=C[C@]4(C)C3(F)[C@@H](OC(=O)C[C@@H](O)C[C@@H](O)/C=C/c3c(-c4ccc(F)cc4)c4ccccc4n3C(C)C)C[C@@]21C. The molecule has 3 fully saturated rings. The molecule has 3 saturated carbocycles. The van der Waals surface area contributed by atoms with E-state index in [0.29, 0.717) is 12.0 Å². The molecule has 7 rings (SSSR count). The number of aliphatic hydroxyl groups is 2. The van der Waals surface area contributed by atoms with Gasteiger partial charge in [0.25, 0.3) is 0 Å². The molecule has 0 saturated heterocycles. The largest absolute Gasteiger partial charge is 0.459 e. The van der Waals surface area contributed by atoms with Gasteiger partial charge in [-0.2, -0.15) is 0 Å². The smallest absolute Gasteiger partial charge is 0.308 e. The molecule has 65 heavy (non-hydrogen) atoms. The quantitative estimate of drug-likeness (QED) is 0.112. The van der Waals surface area contributed by atoms with Crippen LogP contribution in [-0.4, -0.2) is 80.4 Å². The van der Waals surface area contributed by atoms with Gasteiger partial charge in [0.05, 0.1) is 18.6 Å². The zero-order valence-electron chi connectivity index (χ0n) is 38.3. The van der Waals surface area contributed by atoms with Crippen LogP contribution in [0, 0.1) is 34.4 Å². The van der Waals surface area contributed by atoms with Crippen LogP contribution >= 0.6 is 0 Å². The highest BCUT2D eigenvalue weighted by Gasteiger charge is 2.78. The first-order chi connectivity index (χ1) is 30.7. The Balaban J connectivity index is 1.18. The summed E-state index contributed by atoms with van der Waals surface area (Å²) in [6.07, 6.45) is 3.04. The highest BCUT2D eigenvalue weighted by molar-refractivity contribution is 6.02. The van der Waals surface area contributed by atoms with E-state index >= 15 is 4.39 Å². The van der Waals surface area contributed by atoms with E-state index in [2.05, 4.69) is 4.57 Å². The molecule has 4 aliphatic rings. The first-order valence-corrected chi connectivity index (χ1v) is 22.9. The Morgan fingerprint density at radius 3 is 2.34 bits per heavy atom. The van der Waals surface area contributed by atoms with E-state index in [-0.39, 0.29) is 56.2 Å². The van der Waals surface area contributed by atoms with Crippen molar-refractivity contribution in [1.82, 2.24) is 4.57 Å². The average molecular weight is 898 g/mol. The number of halogens is 2. The second-order valence-electron chi connectivity index (χ2n) is 19.1. The van der Waals surface area contributed by atoms with Gasteiger partial charge in [0.1, 0.15) is 11.9 Å². The van der Waals surface area contributed by atoms with Gasteiger partial charge in [-0.25, -0.2) is 8.78 Å². The van der Waals surface area contributed by atoms with Crippen molar-refractivity contribution in [3.8, 4) is 11.1 Å². The van der Waals surface area contributed by atoms with Crippen LogP contribution in [0.2, 0.25) is 0 Å². The number of aliphatic hydroxyl groups excluding tert-OH is 2. The Labute approximate surface area is 378 Å². The molecule has 0 amide bonds. The fraction of sp³-hybridized carbons (Fsp3) is 0.519. The summed E-state index contributed by atoms with van der Waals surface area (Å²) >= 11 is 0. The number of ether oxygens (including phenoxy) is 3. The minimum atomic E-state index is -2.30. The van der Waals surface area contributed by atoms with Crippen LogP contribution in [-0.2, 0) is 38.2 Å². The number of ketones is 2. The molecular weight excluding hydrogens is 837 g/mol. The summed E-state index contributed by atoms with van der Waals surface area (Å²) in [6.45, 7) is 11.8. The van der Waals surface area contributed by atoms with Gasteiger partial charge in [0.15, 0.2) is 23.7 Å². The maximum atomic E-state index is 19.0. The van der Waals surface area contributed by atoms with Crippen molar-refractivity contribution in [2.24, 2.45) is 28.6 Å². The van der Waals surface area contributed by atoms with Gasteiger partial charge in [-0.15, -0.1) is 0 Å². The molecule has 1 heterocycles. The van der Waals surface area contributed by atoms with E-state index in [0.717, 1.165) is 27.7 Å². The van der Waals surface area contributed by atoms with E-state index in [4.69, 9.17) is 14.2 Å². The number of carbonyl (C=O) groups is 5. The molecule has 0 radical (unpaired) electrons. The molecule has 2 N–H and O–H groups in total. The molecule has 348 valence electrons. The van der Waals surface area contributed by atoms with Crippen molar-refractivity contribution in [1.29, 1.82) is 0 Å². The molecule has 3 aromatic rings. The Kier molecular flexibility index (Phi) is 13.3. The fourth-order valence-electron chi connectivity index (χ4n) is 12.1. The summed E-state index contributed by atoms with van der Waals surface area (Å²) in [7, 11) is 0. The minimum absolute atomic E-state index is 0.00225. The summed E-state index contributed by atoms with van der Waals surface area (Å²) < 4.78 is 52.8. The zero-order chi connectivity index (χ0) is 47.2. The summed E-state index contributed by atoms with van der Waals surface area (Å²) in [5.74, 6) is -5.58. The van der Waals surface area contributed by atoms with Gasteiger partial charge in [-0.05, 0) is 94.4 Å². The Morgan fingerprint density at radius 1 is 0.969 bits per heavy atom. The van der Waals surface area contributed by atoms with Gasteiger partial charge in [0.2, 0.25) is 5.78 Å². The third-order valence-electron chi connectivity index (χ3n) is 15.1. The number of Topliss-reactive ketones (excluding diaryl/α,β-unsaturated/α-hetero) is 1. The number of allylic oxidation sites excluding steroid dienone is 4. The molecule has 0 aliphatic heterocycles. The number of nitrogens with zero attached hydrogens (tertiary/aromatic N) is 1. The second kappa shape index (κ2) is 18.2. The third kappa shape index (κ3) is 8.10. The number of benzene rings is 2. The number of aromatic nitrogens is 1. The standard InChI is InChI=1S/C52H61F2NO10/c1-8-45(60)63-29-43(59)52(65-46(61)9-2)31(5)24-40-39-20-16-33-25-36(57)22-23-49(33,6)51(39,54)44(28-50(40,52)7)64-47(62)27-37(58)26-35(56)19-21-42-48(32-14-17-34(53)18-15-32)38-12-10-11-13-41(38)55(42)30(3)4/h10-15,17-19,21-23,25,30-31,35,37,39-40,44,56,58H,8-9,16,20,24,26-29H2,1-7H3/b21-19+/t31-,35-,37-,39-,40-,44-,49-,50-,51?,52-/m0/s1. The van der Waals surface area contributed by atoms with Crippen molar-refractivity contribution in [3.05, 3.63) is 89.9 Å². The van der Waals surface area contributed by atoms with E-state index in [1.807, 2.05) is 38.1 Å². The molecule has 0 spiro atoms. The monoisotopic (exact) mass is 897 g/mol. The third-order valence-corrected chi connectivity index (χ3v) is 15.1. The summed E-state index contributed by atoms with van der Waals surface area (Å²) in [5, 5.41) is 23.5. The molecule has 13 heteroatoms. The first kappa shape index (κ1) is 47.7. The lowest BCUT2D eigenvalue weighted by molar-refractivity contribution is -0.237. The Hall–Kier alpha value is -5.27. The van der Waals surface area contributed by atoms with Crippen LogP contribution in [0.25, 0.3) is 28.1 Å². The van der Waals surface area contributed by atoms with Crippen molar-refractivity contribution in [2.45, 2.75) is 135 Å². The number of hydrogen-bond acceptors (Lipinski definition) is 10. The van der Waals surface area contributed by atoms with Gasteiger partial charge < -0.3 is 29.0 Å².